The molecule has 1 fully saturated rings. The maximum Gasteiger partial charge on any atom is 0.329 e. The van der Waals surface area contributed by atoms with E-state index in [9.17, 15) is 19.2 Å². The highest BCUT2D eigenvalue weighted by molar-refractivity contribution is 6.09. The molecule has 3 N–H and O–H groups in total. The Labute approximate surface area is 176 Å². The minimum Gasteiger partial charge on any atom is -0.376 e. The lowest BCUT2D eigenvalue weighted by molar-refractivity contribution is 0.0858. The third kappa shape index (κ3) is 4.24. The van der Waals surface area contributed by atoms with Gasteiger partial charge in [0.05, 0.1) is 28.3 Å². The van der Waals surface area contributed by atoms with Crippen molar-refractivity contribution in [2.45, 2.75) is 18.9 Å². The molecular formula is C21H21N5O5. The summed E-state index contributed by atoms with van der Waals surface area (Å²) in [6.07, 6.45) is 3.15. The quantitative estimate of drug-likeness (QED) is 0.555. The Bertz CT molecular complexity index is 1270. The number of aromatic nitrogens is 3. The van der Waals surface area contributed by atoms with E-state index in [1.807, 2.05) is 0 Å². The molecule has 0 aliphatic carbocycles. The van der Waals surface area contributed by atoms with Crippen molar-refractivity contribution in [2.24, 2.45) is 7.05 Å². The number of pyridine rings is 1. The number of rotatable bonds is 5. The van der Waals surface area contributed by atoms with Gasteiger partial charge in [0.1, 0.15) is 5.65 Å². The third-order valence-electron chi connectivity index (χ3n) is 5.15. The molecule has 2 aromatic heterocycles. The van der Waals surface area contributed by atoms with Crippen LogP contribution in [0, 0.1) is 0 Å². The predicted octanol–water partition coefficient (Wildman–Crippen LogP) is 0.783. The SMILES string of the molecule is Cn1c(=O)[nH]c(=O)c2cc(C(=O)Nc3ccccc3C(=O)NCC3CCCO3)cnc21. The van der Waals surface area contributed by atoms with E-state index in [1.54, 1.807) is 24.3 Å². The van der Waals surface area contributed by atoms with Gasteiger partial charge < -0.3 is 15.4 Å². The molecule has 1 aromatic carbocycles. The number of aromatic amines is 1. The van der Waals surface area contributed by atoms with E-state index in [2.05, 4.69) is 20.6 Å². The molecule has 1 aliphatic rings. The predicted molar refractivity (Wildman–Crippen MR) is 113 cm³/mol. The first-order valence-corrected chi connectivity index (χ1v) is 9.83. The van der Waals surface area contributed by atoms with E-state index < -0.39 is 17.2 Å². The molecule has 1 unspecified atom stereocenters. The summed E-state index contributed by atoms with van der Waals surface area (Å²) in [6, 6.07) is 7.99. The van der Waals surface area contributed by atoms with Gasteiger partial charge in [-0.3, -0.25) is 23.9 Å². The number of carbonyl (C=O) groups excluding carboxylic acids is 2. The van der Waals surface area contributed by atoms with Crippen molar-refractivity contribution in [1.82, 2.24) is 19.9 Å². The number of hydrogen-bond donors (Lipinski definition) is 3. The van der Waals surface area contributed by atoms with E-state index in [0.717, 1.165) is 12.8 Å². The van der Waals surface area contributed by atoms with Crippen LogP contribution in [-0.4, -0.2) is 45.6 Å². The maximum absolute atomic E-state index is 12.8. The lowest BCUT2D eigenvalue weighted by Crippen LogP contribution is -2.32. The minimum absolute atomic E-state index is 0.00318. The number of amides is 2. The van der Waals surface area contributed by atoms with Gasteiger partial charge in [-0.1, -0.05) is 12.1 Å². The summed E-state index contributed by atoms with van der Waals surface area (Å²) in [5.74, 6) is -0.864. The van der Waals surface area contributed by atoms with Gasteiger partial charge in [-0.2, -0.15) is 0 Å². The Kier molecular flexibility index (Phi) is 5.63. The van der Waals surface area contributed by atoms with Crippen molar-refractivity contribution in [3.8, 4) is 0 Å². The van der Waals surface area contributed by atoms with Gasteiger partial charge in [-0.05, 0) is 31.0 Å². The highest BCUT2D eigenvalue weighted by Crippen LogP contribution is 2.18. The van der Waals surface area contributed by atoms with Crippen molar-refractivity contribution in [3.63, 3.8) is 0 Å². The van der Waals surface area contributed by atoms with Gasteiger partial charge in [0.15, 0.2) is 0 Å². The fourth-order valence-electron chi connectivity index (χ4n) is 3.45. The monoisotopic (exact) mass is 423 g/mol. The smallest absolute Gasteiger partial charge is 0.329 e. The molecule has 1 atom stereocenters. The van der Waals surface area contributed by atoms with E-state index in [4.69, 9.17) is 4.74 Å². The van der Waals surface area contributed by atoms with Crippen molar-refractivity contribution >= 4 is 28.5 Å². The zero-order valence-electron chi connectivity index (χ0n) is 16.8. The molecule has 31 heavy (non-hydrogen) atoms. The number of anilines is 1. The maximum atomic E-state index is 12.8. The van der Waals surface area contributed by atoms with E-state index in [0.29, 0.717) is 24.4 Å². The lowest BCUT2D eigenvalue weighted by atomic mass is 10.1. The van der Waals surface area contributed by atoms with Crippen LogP contribution in [0.15, 0.2) is 46.1 Å². The van der Waals surface area contributed by atoms with Crippen LogP contribution in [0.4, 0.5) is 5.69 Å². The molecule has 160 valence electrons. The number of ether oxygens (including phenoxy) is 1. The van der Waals surface area contributed by atoms with Crippen LogP contribution in [-0.2, 0) is 11.8 Å². The van der Waals surface area contributed by atoms with Gasteiger partial charge in [0.2, 0.25) is 0 Å². The lowest BCUT2D eigenvalue weighted by Gasteiger charge is -2.14. The van der Waals surface area contributed by atoms with Crippen LogP contribution in [0.1, 0.15) is 33.6 Å². The van der Waals surface area contributed by atoms with Gasteiger partial charge >= 0.3 is 5.69 Å². The van der Waals surface area contributed by atoms with Crippen LogP contribution < -0.4 is 21.9 Å². The number of carbonyl (C=O) groups is 2. The van der Waals surface area contributed by atoms with Crippen molar-refractivity contribution in [3.05, 3.63) is 68.5 Å². The molecule has 0 radical (unpaired) electrons. The Morgan fingerprint density at radius 1 is 1.26 bits per heavy atom. The first kappa shape index (κ1) is 20.5. The fourth-order valence-corrected chi connectivity index (χ4v) is 3.45. The summed E-state index contributed by atoms with van der Waals surface area (Å²) in [6.45, 7) is 1.10. The topological polar surface area (TPSA) is 135 Å². The zero-order valence-corrected chi connectivity index (χ0v) is 16.8. The summed E-state index contributed by atoms with van der Waals surface area (Å²) in [4.78, 5) is 55.5. The van der Waals surface area contributed by atoms with Crippen molar-refractivity contribution in [1.29, 1.82) is 0 Å². The highest BCUT2D eigenvalue weighted by Gasteiger charge is 2.19. The number of para-hydroxylation sites is 1. The van der Waals surface area contributed by atoms with Gasteiger partial charge in [0.25, 0.3) is 17.4 Å². The number of H-pyrrole nitrogens is 1. The summed E-state index contributed by atoms with van der Waals surface area (Å²) >= 11 is 0. The normalized spacial score (nSPS) is 15.7. The molecule has 0 bridgehead atoms. The van der Waals surface area contributed by atoms with Crippen LogP contribution >= 0.6 is 0 Å². The Balaban J connectivity index is 1.55. The number of aryl methyl sites for hydroxylation is 1. The molecule has 0 saturated carbocycles. The Morgan fingerprint density at radius 2 is 2.06 bits per heavy atom. The number of hydrogen-bond acceptors (Lipinski definition) is 6. The molecule has 10 heteroatoms. The second-order valence-electron chi connectivity index (χ2n) is 7.26. The van der Waals surface area contributed by atoms with Gasteiger partial charge in [-0.25, -0.2) is 9.78 Å². The summed E-state index contributed by atoms with van der Waals surface area (Å²) in [7, 11) is 1.47. The molecule has 10 nitrogen and oxygen atoms in total. The molecule has 1 saturated heterocycles. The van der Waals surface area contributed by atoms with Gasteiger partial charge in [0, 0.05) is 26.4 Å². The van der Waals surface area contributed by atoms with E-state index >= 15 is 0 Å². The first-order valence-electron chi connectivity index (χ1n) is 9.83. The van der Waals surface area contributed by atoms with Crippen LogP contribution in [0.25, 0.3) is 11.0 Å². The fraction of sp³-hybridized carbons (Fsp3) is 0.286. The molecule has 3 heterocycles. The van der Waals surface area contributed by atoms with Crippen LogP contribution in [0.2, 0.25) is 0 Å². The van der Waals surface area contributed by atoms with Crippen molar-refractivity contribution in [2.75, 3.05) is 18.5 Å². The molecule has 0 spiro atoms. The third-order valence-corrected chi connectivity index (χ3v) is 5.15. The Morgan fingerprint density at radius 3 is 2.84 bits per heavy atom. The summed E-state index contributed by atoms with van der Waals surface area (Å²) in [5.41, 5.74) is -0.306. The average Bonchev–Trinajstić information content (AvgIpc) is 3.29. The molecular weight excluding hydrogens is 402 g/mol. The standard InChI is InChI=1S/C21H21N5O5/c1-26-17-15(20(29)25-21(26)30)9-12(10-22-17)18(27)24-16-7-3-2-6-14(16)19(28)23-11-13-5-4-8-31-13/h2-3,6-7,9-10,13H,4-5,8,11H2,1H3,(H,23,28)(H,24,27)(H,25,29,30). The number of fused-ring (bicyclic) bond motifs is 1. The minimum atomic E-state index is -0.630. The Hall–Kier alpha value is -3.79. The largest absolute Gasteiger partial charge is 0.376 e. The van der Waals surface area contributed by atoms with Crippen LogP contribution in [0.5, 0.6) is 0 Å². The second kappa shape index (κ2) is 8.52. The zero-order chi connectivity index (χ0) is 22.0. The number of nitrogens with zero attached hydrogens (tertiary/aromatic N) is 2. The number of nitrogens with one attached hydrogen (secondary N) is 3. The second-order valence-corrected chi connectivity index (χ2v) is 7.26. The summed E-state index contributed by atoms with van der Waals surface area (Å²) < 4.78 is 6.70. The molecule has 1 aliphatic heterocycles. The molecule has 4 rings (SSSR count). The van der Waals surface area contributed by atoms with E-state index in [1.165, 1.54) is 23.9 Å². The highest BCUT2D eigenvalue weighted by atomic mass is 16.5. The first-order chi connectivity index (χ1) is 14.9. The van der Waals surface area contributed by atoms with Crippen molar-refractivity contribution < 1.29 is 14.3 Å². The molecule has 3 aromatic rings. The van der Waals surface area contributed by atoms with E-state index in [-0.39, 0.29) is 28.6 Å². The van der Waals surface area contributed by atoms with Gasteiger partial charge in [-0.15, -0.1) is 0 Å². The summed E-state index contributed by atoms with van der Waals surface area (Å²) in [5, 5.41) is 5.63. The molecule has 2 amide bonds. The van der Waals surface area contributed by atoms with Crippen LogP contribution in [0.3, 0.4) is 0 Å². The average molecular weight is 423 g/mol. The number of benzene rings is 1.